The summed E-state index contributed by atoms with van der Waals surface area (Å²) in [6.45, 7) is 1.02. The number of amides is 2. The second kappa shape index (κ2) is 7.98. The molecule has 0 saturated heterocycles. The van der Waals surface area contributed by atoms with E-state index in [-0.39, 0.29) is 11.8 Å². The summed E-state index contributed by atoms with van der Waals surface area (Å²) in [6.07, 6.45) is 1.94. The number of benzene rings is 2. The van der Waals surface area contributed by atoms with E-state index < -0.39 is 0 Å². The van der Waals surface area contributed by atoms with E-state index in [4.69, 9.17) is 0 Å². The molecule has 0 fully saturated rings. The van der Waals surface area contributed by atoms with Gasteiger partial charge >= 0.3 is 6.03 Å². The van der Waals surface area contributed by atoms with E-state index in [2.05, 4.69) is 26.6 Å². The fraction of sp³-hybridized carbons (Fsp3) is 0.105. The van der Waals surface area contributed by atoms with Crippen molar-refractivity contribution in [1.29, 1.82) is 0 Å². The molecule has 128 valence electrons. The Bertz CT molecular complexity index is 861. The number of halogens is 2. The Balaban J connectivity index is 1.57. The molecule has 1 aromatic heterocycles. The molecule has 0 aliphatic rings. The number of urea groups is 1. The zero-order valence-corrected chi connectivity index (χ0v) is 15.0. The van der Waals surface area contributed by atoms with Gasteiger partial charge < -0.3 is 15.2 Å². The Labute approximate surface area is 153 Å². The van der Waals surface area contributed by atoms with Crippen molar-refractivity contribution >= 4 is 27.6 Å². The quantitative estimate of drug-likeness (QED) is 0.635. The molecule has 0 aliphatic heterocycles. The Morgan fingerprint density at radius 2 is 1.88 bits per heavy atom. The Hall–Kier alpha value is -2.60. The zero-order chi connectivity index (χ0) is 17.6. The molecule has 0 bridgehead atoms. The number of carbonyl (C=O) groups excluding carboxylic acids is 1. The van der Waals surface area contributed by atoms with E-state index in [0.29, 0.717) is 18.8 Å². The van der Waals surface area contributed by atoms with Crippen LogP contribution in [0.2, 0.25) is 0 Å². The second-order valence-corrected chi connectivity index (χ2v) is 6.49. The summed E-state index contributed by atoms with van der Waals surface area (Å²) >= 11 is 3.37. The van der Waals surface area contributed by atoms with Gasteiger partial charge in [-0.1, -0.05) is 34.1 Å². The Kier molecular flexibility index (Phi) is 5.50. The van der Waals surface area contributed by atoms with Gasteiger partial charge in [0, 0.05) is 28.6 Å². The van der Waals surface area contributed by atoms with Crippen LogP contribution >= 0.6 is 15.9 Å². The first kappa shape index (κ1) is 17.2. The number of nitrogens with one attached hydrogen (secondary N) is 2. The van der Waals surface area contributed by atoms with Crippen molar-refractivity contribution in [1.82, 2.24) is 9.88 Å². The second-order valence-electron chi connectivity index (χ2n) is 5.57. The lowest BCUT2D eigenvalue weighted by Gasteiger charge is -2.11. The molecule has 0 spiro atoms. The van der Waals surface area contributed by atoms with Crippen molar-refractivity contribution in [2.45, 2.75) is 13.1 Å². The van der Waals surface area contributed by atoms with Gasteiger partial charge in [0.05, 0.1) is 6.54 Å². The van der Waals surface area contributed by atoms with Crippen LogP contribution in [0.25, 0.3) is 0 Å². The van der Waals surface area contributed by atoms with Gasteiger partial charge in [-0.05, 0) is 48.0 Å². The molecular weight excluding hydrogens is 385 g/mol. The van der Waals surface area contributed by atoms with Crippen LogP contribution in [0.5, 0.6) is 0 Å². The number of rotatable bonds is 5. The maximum Gasteiger partial charge on any atom is 0.319 e. The molecule has 3 aromatic rings. The van der Waals surface area contributed by atoms with Crippen molar-refractivity contribution in [3.63, 3.8) is 0 Å². The first-order valence-corrected chi connectivity index (χ1v) is 8.58. The molecule has 2 aromatic carbocycles. The molecule has 0 unspecified atom stereocenters. The summed E-state index contributed by atoms with van der Waals surface area (Å²) in [4.78, 5) is 12.0. The predicted octanol–water partition coefficient (Wildman–Crippen LogP) is 4.76. The monoisotopic (exact) mass is 401 g/mol. The van der Waals surface area contributed by atoms with Gasteiger partial charge in [-0.15, -0.1) is 0 Å². The summed E-state index contributed by atoms with van der Waals surface area (Å²) in [6, 6.07) is 17.4. The normalized spacial score (nSPS) is 10.5. The molecule has 0 saturated carbocycles. The van der Waals surface area contributed by atoms with E-state index in [1.807, 2.05) is 47.2 Å². The highest BCUT2D eigenvalue weighted by Gasteiger charge is 2.06. The molecule has 0 radical (unpaired) electrons. The average molecular weight is 402 g/mol. The molecule has 4 nitrogen and oxygen atoms in total. The van der Waals surface area contributed by atoms with E-state index in [1.165, 1.54) is 12.1 Å². The summed E-state index contributed by atoms with van der Waals surface area (Å²) in [5, 5.41) is 5.63. The SMILES string of the molecule is O=C(NCc1cccn1Cc1ccc(F)cc1)Nc1cccc(Br)c1. The van der Waals surface area contributed by atoms with Crippen molar-refractivity contribution < 1.29 is 9.18 Å². The highest BCUT2D eigenvalue weighted by Crippen LogP contribution is 2.15. The van der Waals surface area contributed by atoms with Crippen LogP contribution in [0.4, 0.5) is 14.9 Å². The number of hydrogen-bond acceptors (Lipinski definition) is 1. The Morgan fingerprint density at radius 1 is 1.08 bits per heavy atom. The number of carbonyl (C=O) groups is 1. The minimum absolute atomic E-state index is 0.248. The highest BCUT2D eigenvalue weighted by molar-refractivity contribution is 9.10. The largest absolute Gasteiger partial charge is 0.345 e. The van der Waals surface area contributed by atoms with Crippen molar-refractivity contribution in [2.24, 2.45) is 0 Å². The van der Waals surface area contributed by atoms with Crippen LogP contribution < -0.4 is 10.6 Å². The standard InChI is InChI=1S/C19H17BrFN3O/c20-15-3-1-4-17(11-15)23-19(25)22-12-18-5-2-10-24(18)13-14-6-8-16(21)9-7-14/h1-11H,12-13H2,(H2,22,23,25). The lowest BCUT2D eigenvalue weighted by molar-refractivity contribution is 0.251. The number of anilines is 1. The summed E-state index contributed by atoms with van der Waals surface area (Å²) in [5.41, 5.74) is 2.68. The third-order valence-corrected chi connectivity index (χ3v) is 4.20. The van der Waals surface area contributed by atoms with E-state index in [9.17, 15) is 9.18 Å². The van der Waals surface area contributed by atoms with Crippen molar-refractivity contribution in [3.05, 3.63) is 88.4 Å². The van der Waals surface area contributed by atoms with E-state index in [1.54, 1.807) is 12.1 Å². The molecule has 1 heterocycles. The number of aromatic nitrogens is 1. The molecule has 25 heavy (non-hydrogen) atoms. The fourth-order valence-electron chi connectivity index (χ4n) is 2.46. The first-order chi connectivity index (χ1) is 12.1. The molecule has 6 heteroatoms. The van der Waals surface area contributed by atoms with Crippen molar-refractivity contribution in [2.75, 3.05) is 5.32 Å². The Morgan fingerprint density at radius 3 is 2.64 bits per heavy atom. The van der Waals surface area contributed by atoms with E-state index in [0.717, 1.165) is 15.7 Å². The van der Waals surface area contributed by atoms with Gasteiger partial charge in [0.2, 0.25) is 0 Å². The molecule has 3 rings (SSSR count). The third kappa shape index (κ3) is 4.93. The summed E-state index contributed by atoms with van der Waals surface area (Å²) in [7, 11) is 0. The first-order valence-electron chi connectivity index (χ1n) is 7.79. The molecule has 0 atom stereocenters. The smallest absolute Gasteiger partial charge is 0.319 e. The van der Waals surface area contributed by atoms with Gasteiger partial charge in [0.25, 0.3) is 0 Å². The lowest BCUT2D eigenvalue weighted by Crippen LogP contribution is -2.29. The van der Waals surface area contributed by atoms with Gasteiger partial charge in [0.1, 0.15) is 5.82 Å². The van der Waals surface area contributed by atoms with E-state index >= 15 is 0 Å². The molecular formula is C19H17BrFN3O. The lowest BCUT2D eigenvalue weighted by atomic mass is 10.2. The van der Waals surface area contributed by atoms with Crippen LogP contribution in [0, 0.1) is 5.82 Å². The van der Waals surface area contributed by atoms with Gasteiger partial charge in [-0.3, -0.25) is 0 Å². The topological polar surface area (TPSA) is 46.1 Å². The summed E-state index contributed by atoms with van der Waals surface area (Å²) in [5.74, 6) is -0.248. The van der Waals surface area contributed by atoms with Gasteiger partial charge in [-0.25, -0.2) is 9.18 Å². The number of nitrogens with zero attached hydrogens (tertiary/aromatic N) is 1. The fourth-order valence-corrected chi connectivity index (χ4v) is 2.86. The minimum atomic E-state index is -0.271. The molecule has 2 N–H and O–H groups in total. The van der Waals surface area contributed by atoms with Crippen LogP contribution in [0.1, 0.15) is 11.3 Å². The van der Waals surface area contributed by atoms with Crippen LogP contribution in [0.15, 0.2) is 71.3 Å². The molecule has 2 amide bonds. The molecule has 0 aliphatic carbocycles. The van der Waals surface area contributed by atoms with Crippen LogP contribution in [-0.4, -0.2) is 10.6 Å². The van der Waals surface area contributed by atoms with Crippen LogP contribution in [-0.2, 0) is 13.1 Å². The van der Waals surface area contributed by atoms with Crippen LogP contribution in [0.3, 0.4) is 0 Å². The summed E-state index contributed by atoms with van der Waals surface area (Å²) < 4.78 is 15.9. The van der Waals surface area contributed by atoms with Crippen molar-refractivity contribution in [3.8, 4) is 0 Å². The van der Waals surface area contributed by atoms with Gasteiger partial charge in [0.15, 0.2) is 0 Å². The zero-order valence-electron chi connectivity index (χ0n) is 13.4. The average Bonchev–Trinajstić information content (AvgIpc) is 3.02. The maximum absolute atomic E-state index is 13.0. The maximum atomic E-state index is 13.0. The number of hydrogen-bond donors (Lipinski definition) is 2. The minimum Gasteiger partial charge on any atom is -0.345 e. The predicted molar refractivity (Wildman–Crippen MR) is 99.9 cm³/mol. The van der Waals surface area contributed by atoms with Gasteiger partial charge in [-0.2, -0.15) is 0 Å². The highest BCUT2D eigenvalue weighted by atomic mass is 79.9. The third-order valence-electron chi connectivity index (χ3n) is 3.70.